The van der Waals surface area contributed by atoms with Crippen LogP contribution in [0.2, 0.25) is 5.02 Å². The summed E-state index contributed by atoms with van der Waals surface area (Å²) in [5, 5.41) is 4.02. The zero-order chi connectivity index (χ0) is 22.4. The van der Waals surface area contributed by atoms with E-state index >= 15 is 0 Å². The second-order valence-electron chi connectivity index (χ2n) is 9.19. The van der Waals surface area contributed by atoms with Crippen molar-refractivity contribution in [3.05, 3.63) is 63.5 Å². The summed E-state index contributed by atoms with van der Waals surface area (Å²) in [5.74, 6) is 2.66. The number of fused-ring (bicyclic) bond motifs is 4. The fourth-order valence-electron chi connectivity index (χ4n) is 5.33. The van der Waals surface area contributed by atoms with Gasteiger partial charge in [0.15, 0.2) is 0 Å². The van der Waals surface area contributed by atoms with Crippen LogP contribution < -0.4 is 20.7 Å². The van der Waals surface area contributed by atoms with E-state index in [4.69, 9.17) is 26.6 Å². The van der Waals surface area contributed by atoms with E-state index in [1.54, 1.807) is 6.07 Å². The summed E-state index contributed by atoms with van der Waals surface area (Å²) in [4.78, 5) is 31.3. The molecular weight excluding hydrogens is 438 g/mol. The lowest BCUT2D eigenvalue weighted by Crippen LogP contribution is -2.47. The van der Waals surface area contributed by atoms with Gasteiger partial charge in [0.05, 0.1) is 0 Å². The highest BCUT2D eigenvalue weighted by molar-refractivity contribution is 6.30. The molecule has 0 radical (unpaired) electrons. The molecule has 2 bridgehead atoms. The highest BCUT2D eigenvalue weighted by atomic mass is 35.5. The fourth-order valence-corrected chi connectivity index (χ4v) is 5.46. The lowest BCUT2D eigenvalue weighted by molar-refractivity contribution is 0.279. The fraction of sp³-hybridized carbons (Fsp3) is 0.417. The Kier molecular flexibility index (Phi) is 5.17. The molecule has 2 fully saturated rings. The molecule has 6 rings (SSSR count). The molecule has 1 aromatic carbocycles. The predicted molar refractivity (Wildman–Crippen MR) is 130 cm³/mol. The summed E-state index contributed by atoms with van der Waals surface area (Å²) in [7, 11) is 0. The van der Waals surface area contributed by atoms with Crippen LogP contribution in [0.1, 0.15) is 30.9 Å². The van der Waals surface area contributed by atoms with Crippen molar-refractivity contribution in [2.75, 3.05) is 41.3 Å². The van der Waals surface area contributed by atoms with Gasteiger partial charge < -0.3 is 19.7 Å². The van der Waals surface area contributed by atoms with Crippen LogP contribution in [0.15, 0.2) is 47.3 Å². The zero-order valence-corrected chi connectivity index (χ0v) is 19.1. The third kappa shape index (κ3) is 4.04. The van der Waals surface area contributed by atoms with Crippen molar-refractivity contribution in [3.63, 3.8) is 0 Å². The minimum absolute atomic E-state index is 0.0987. The molecule has 0 saturated carbocycles. The molecule has 9 heteroatoms. The quantitative estimate of drug-likeness (QED) is 0.632. The van der Waals surface area contributed by atoms with E-state index in [-0.39, 0.29) is 5.56 Å². The van der Waals surface area contributed by atoms with E-state index in [9.17, 15) is 4.79 Å². The molecule has 0 aliphatic carbocycles. The van der Waals surface area contributed by atoms with E-state index in [1.807, 2.05) is 34.9 Å². The number of nitrogens with zero attached hydrogens (tertiary/aromatic N) is 6. The van der Waals surface area contributed by atoms with Gasteiger partial charge in [-0.25, -0.2) is 0 Å². The summed E-state index contributed by atoms with van der Waals surface area (Å²) < 4.78 is 1.95. The molecule has 2 atom stereocenters. The van der Waals surface area contributed by atoms with E-state index in [0.29, 0.717) is 28.8 Å². The van der Waals surface area contributed by atoms with Crippen LogP contribution in [0.5, 0.6) is 0 Å². The Morgan fingerprint density at radius 3 is 2.42 bits per heavy atom. The van der Waals surface area contributed by atoms with E-state index in [0.717, 1.165) is 69.3 Å². The minimum atomic E-state index is 0.0987. The minimum Gasteiger partial charge on any atom is -0.341 e. The van der Waals surface area contributed by atoms with Gasteiger partial charge in [0.25, 0.3) is 5.56 Å². The van der Waals surface area contributed by atoms with Gasteiger partial charge in [0.1, 0.15) is 0 Å². The normalized spacial score (nSPS) is 21.7. The molecule has 8 nitrogen and oxygen atoms in total. The van der Waals surface area contributed by atoms with Crippen LogP contribution in [-0.2, 0) is 6.54 Å². The molecule has 5 heterocycles. The maximum Gasteiger partial charge on any atom is 0.250 e. The standard InChI is InChI=1S/C24H26ClN7O/c25-18-6-8-19(9-7-18)26-22-27-23(30-10-1-2-11-30)29-24(28-22)31-13-16-12-17(15-31)20-4-3-5-21(33)32(20)14-16/h3-9,16-17H,1-2,10-15H2,(H,26,27,28,29)/t16-,17+/m0/s1. The largest absolute Gasteiger partial charge is 0.341 e. The Hall–Kier alpha value is -3.13. The number of pyridine rings is 1. The number of piperidine rings is 1. The van der Waals surface area contributed by atoms with E-state index < -0.39 is 0 Å². The lowest BCUT2D eigenvalue weighted by atomic mass is 9.83. The summed E-state index contributed by atoms with van der Waals surface area (Å²) in [6.07, 6.45) is 3.40. The van der Waals surface area contributed by atoms with Crippen molar-refractivity contribution in [3.8, 4) is 0 Å². The SMILES string of the molecule is O=c1cccc2n1C[C@H]1C[C@@H]2CN(c2nc(Nc3ccc(Cl)cc3)nc(N3CCCC3)n2)C1. The summed E-state index contributed by atoms with van der Waals surface area (Å²) in [6.45, 7) is 4.31. The van der Waals surface area contributed by atoms with E-state index in [1.165, 1.54) is 0 Å². The van der Waals surface area contributed by atoms with Crippen molar-refractivity contribution in [1.29, 1.82) is 0 Å². The third-order valence-electron chi connectivity index (χ3n) is 6.86. The van der Waals surface area contributed by atoms with Crippen LogP contribution in [-0.4, -0.2) is 45.7 Å². The zero-order valence-electron chi connectivity index (χ0n) is 18.3. The van der Waals surface area contributed by atoms with E-state index in [2.05, 4.69) is 21.2 Å². The Balaban J connectivity index is 1.33. The summed E-state index contributed by atoms with van der Waals surface area (Å²) >= 11 is 6.04. The molecule has 3 aromatic rings. The monoisotopic (exact) mass is 463 g/mol. The lowest BCUT2D eigenvalue weighted by Gasteiger charge is -2.42. The number of halogens is 1. The van der Waals surface area contributed by atoms with Crippen molar-refractivity contribution >= 4 is 35.1 Å². The van der Waals surface area contributed by atoms with Crippen LogP contribution >= 0.6 is 11.6 Å². The Labute approximate surface area is 197 Å². The predicted octanol–water partition coefficient (Wildman–Crippen LogP) is 3.65. The highest BCUT2D eigenvalue weighted by Crippen LogP contribution is 2.36. The van der Waals surface area contributed by atoms with Gasteiger partial charge in [-0.1, -0.05) is 17.7 Å². The van der Waals surface area contributed by atoms with Crippen molar-refractivity contribution in [2.45, 2.75) is 31.7 Å². The summed E-state index contributed by atoms with van der Waals surface area (Å²) in [5.41, 5.74) is 2.10. The number of anilines is 4. The Bertz CT molecular complexity index is 1220. The first-order valence-corrected chi connectivity index (χ1v) is 12.0. The van der Waals surface area contributed by atoms with Crippen LogP contribution in [0.3, 0.4) is 0 Å². The van der Waals surface area contributed by atoms with Crippen molar-refractivity contribution < 1.29 is 0 Å². The number of nitrogens with one attached hydrogen (secondary N) is 1. The molecule has 1 N–H and O–H groups in total. The van der Waals surface area contributed by atoms with Gasteiger partial charge in [0.2, 0.25) is 17.8 Å². The van der Waals surface area contributed by atoms with Gasteiger partial charge in [-0.2, -0.15) is 15.0 Å². The molecule has 0 spiro atoms. The van der Waals surface area contributed by atoms with Crippen LogP contribution in [0.4, 0.5) is 23.5 Å². The third-order valence-corrected chi connectivity index (χ3v) is 7.12. The molecule has 3 aliphatic heterocycles. The second-order valence-corrected chi connectivity index (χ2v) is 9.62. The van der Waals surface area contributed by atoms with Crippen molar-refractivity contribution in [2.24, 2.45) is 5.92 Å². The second kappa shape index (κ2) is 8.33. The average molecular weight is 464 g/mol. The number of hydrogen-bond acceptors (Lipinski definition) is 7. The first-order chi connectivity index (χ1) is 16.1. The molecular formula is C24H26ClN7O. The number of aromatic nitrogens is 4. The van der Waals surface area contributed by atoms with Gasteiger partial charge in [-0.15, -0.1) is 0 Å². The average Bonchev–Trinajstić information content (AvgIpc) is 3.36. The topological polar surface area (TPSA) is 79.2 Å². The Morgan fingerprint density at radius 2 is 1.64 bits per heavy atom. The number of benzene rings is 1. The molecule has 170 valence electrons. The van der Waals surface area contributed by atoms with Crippen LogP contribution in [0, 0.1) is 5.92 Å². The first-order valence-electron chi connectivity index (χ1n) is 11.6. The van der Waals surface area contributed by atoms with Gasteiger partial charge in [-0.05, 0) is 55.5 Å². The van der Waals surface area contributed by atoms with Gasteiger partial charge in [0, 0.05) is 61.1 Å². The Morgan fingerprint density at radius 1 is 0.879 bits per heavy atom. The number of rotatable bonds is 4. The molecule has 2 saturated heterocycles. The number of hydrogen-bond donors (Lipinski definition) is 1. The van der Waals surface area contributed by atoms with Crippen molar-refractivity contribution in [1.82, 2.24) is 19.5 Å². The van der Waals surface area contributed by atoms with Gasteiger partial charge in [-0.3, -0.25) is 4.79 Å². The molecule has 0 unspecified atom stereocenters. The first kappa shape index (κ1) is 20.5. The van der Waals surface area contributed by atoms with Gasteiger partial charge >= 0.3 is 0 Å². The maximum absolute atomic E-state index is 12.4. The highest BCUT2D eigenvalue weighted by Gasteiger charge is 2.36. The molecule has 0 amide bonds. The molecule has 2 aromatic heterocycles. The van der Waals surface area contributed by atoms with Crippen LogP contribution in [0.25, 0.3) is 0 Å². The molecule has 3 aliphatic rings. The summed E-state index contributed by atoms with van der Waals surface area (Å²) in [6, 6.07) is 13.1. The smallest absolute Gasteiger partial charge is 0.250 e. The molecule has 33 heavy (non-hydrogen) atoms. The maximum atomic E-state index is 12.4.